The second-order valence-electron chi connectivity index (χ2n) is 5.00. The van der Waals surface area contributed by atoms with Crippen molar-refractivity contribution in [3.63, 3.8) is 0 Å². The van der Waals surface area contributed by atoms with Crippen LogP contribution in [-0.2, 0) is 14.9 Å². The Kier molecular flexibility index (Phi) is 3.19. The van der Waals surface area contributed by atoms with Gasteiger partial charge in [0.2, 0.25) is 0 Å². The number of carbonyl (C=O) groups is 1. The van der Waals surface area contributed by atoms with E-state index >= 15 is 0 Å². The number of aliphatic carboxylic acids is 1. The normalized spacial score (nSPS) is 18.2. The summed E-state index contributed by atoms with van der Waals surface area (Å²) >= 11 is 0. The van der Waals surface area contributed by atoms with Gasteiger partial charge in [0.1, 0.15) is 11.2 Å². The lowest BCUT2D eigenvalue weighted by Crippen LogP contribution is -2.30. The molecular weight excluding hydrogens is 220 g/mol. The first-order valence-electron chi connectivity index (χ1n) is 5.88. The summed E-state index contributed by atoms with van der Waals surface area (Å²) in [5.41, 5.74) is 0.0567. The van der Waals surface area contributed by atoms with Gasteiger partial charge < -0.3 is 14.8 Å². The monoisotopic (exact) mass is 238 g/mol. The third-order valence-electron chi connectivity index (χ3n) is 3.38. The smallest absolute Gasteiger partial charge is 0.316 e. The first-order valence-corrected chi connectivity index (χ1v) is 5.88. The molecule has 2 rings (SSSR count). The van der Waals surface area contributed by atoms with Crippen LogP contribution >= 0.6 is 0 Å². The Balaban J connectivity index is 2.17. The minimum absolute atomic E-state index is 0.412. The van der Waals surface area contributed by atoms with Gasteiger partial charge >= 0.3 is 5.97 Å². The molecule has 0 radical (unpaired) electrons. The summed E-state index contributed by atoms with van der Waals surface area (Å²) in [5.74, 6) is 0.0615. The average Bonchev–Trinajstić information content (AvgIpc) is 2.80. The fourth-order valence-corrected chi connectivity index (χ4v) is 1.97. The fourth-order valence-electron chi connectivity index (χ4n) is 1.97. The van der Waals surface area contributed by atoms with Crippen LogP contribution in [-0.4, -0.2) is 34.3 Å². The Bertz CT molecular complexity index is 406. The van der Waals surface area contributed by atoms with Gasteiger partial charge in [-0.25, -0.2) is 4.98 Å². The maximum atomic E-state index is 11.1. The molecular formula is C12H18N2O3. The van der Waals surface area contributed by atoms with Crippen LogP contribution in [0.2, 0.25) is 0 Å². The molecule has 1 fully saturated rings. The number of nitrogens with zero attached hydrogens (tertiary/aromatic N) is 1. The zero-order chi connectivity index (χ0) is 12.5. The average molecular weight is 238 g/mol. The first kappa shape index (κ1) is 12.1. The number of hydrogen-bond donors (Lipinski definition) is 2. The molecule has 0 aliphatic carbocycles. The van der Waals surface area contributed by atoms with Crippen molar-refractivity contribution < 1.29 is 14.6 Å². The van der Waals surface area contributed by atoms with Crippen LogP contribution in [0.3, 0.4) is 0 Å². The minimum Gasteiger partial charge on any atom is -0.481 e. The Morgan fingerprint density at radius 1 is 1.53 bits per heavy atom. The van der Waals surface area contributed by atoms with E-state index in [1.807, 2.05) is 0 Å². The second kappa shape index (κ2) is 4.49. The Labute approximate surface area is 100 Å². The molecule has 94 valence electrons. The van der Waals surface area contributed by atoms with E-state index in [0.29, 0.717) is 11.7 Å². The zero-order valence-corrected chi connectivity index (χ0v) is 10.2. The molecule has 0 unspecified atom stereocenters. The van der Waals surface area contributed by atoms with Crippen LogP contribution in [0.5, 0.6) is 0 Å². The van der Waals surface area contributed by atoms with Gasteiger partial charge in [-0.15, -0.1) is 0 Å². The molecule has 5 heteroatoms. The van der Waals surface area contributed by atoms with Gasteiger partial charge in [-0.3, -0.25) is 4.79 Å². The number of carboxylic acids is 1. The van der Waals surface area contributed by atoms with Crippen LogP contribution in [0.4, 0.5) is 0 Å². The van der Waals surface area contributed by atoms with Crippen LogP contribution in [0.15, 0.2) is 6.20 Å². The van der Waals surface area contributed by atoms with E-state index in [1.54, 1.807) is 20.0 Å². The number of nitrogens with one attached hydrogen (secondary N) is 1. The van der Waals surface area contributed by atoms with Gasteiger partial charge in [-0.05, 0) is 26.7 Å². The number of carboxylic acid groups (broad SMARTS) is 1. The van der Waals surface area contributed by atoms with Crippen molar-refractivity contribution in [3.05, 3.63) is 17.7 Å². The predicted molar refractivity (Wildman–Crippen MR) is 62.0 cm³/mol. The number of aromatic amines is 1. The Morgan fingerprint density at radius 3 is 2.76 bits per heavy atom. The van der Waals surface area contributed by atoms with Gasteiger partial charge in [0.15, 0.2) is 0 Å². The molecule has 2 N–H and O–H groups in total. The molecule has 0 aromatic carbocycles. The van der Waals surface area contributed by atoms with Gasteiger partial charge in [0.05, 0.1) is 0 Å². The van der Waals surface area contributed by atoms with Crippen molar-refractivity contribution in [3.8, 4) is 0 Å². The van der Waals surface area contributed by atoms with Crippen LogP contribution in [0, 0.1) is 0 Å². The summed E-state index contributed by atoms with van der Waals surface area (Å²) < 4.78 is 5.31. The Morgan fingerprint density at radius 2 is 2.18 bits per heavy atom. The molecule has 1 aliphatic rings. The lowest BCUT2D eigenvalue weighted by Gasteiger charge is -2.21. The molecule has 2 heterocycles. The maximum Gasteiger partial charge on any atom is 0.316 e. The van der Waals surface area contributed by atoms with Crippen LogP contribution in [0.25, 0.3) is 0 Å². The summed E-state index contributed by atoms with van der Waals surface area (Å²) in [6.07, 6.45) is 3.69. The lowest BCUT2D eigenvalue weighted by atomic mass is 9.93. The number of rotatable bonds is 3. The summed E-state index contributed by atoms with van der Waals surface area (Å²) in [6.45, 7) is 4.84. The van der Waals surface area contributed by atoms with E-state index in [-0.39, 0.29) is 0 Å². The number of ether oxygens (including phenoxy) is 1. The maximum absolute atomic E-state index is 11.1. The zero-order valence-electron chi connectivity index (χ0n) is 10.2. The molecule has 0 amide bonds. The van der Waals surface area contributed by atoms with E-state index in [2.05, 4.69) is 9.97 Å². The summed E-state index contributed by atoms with van der Waals surface area (Å²) in [7, 11) is 0. The summed E-state index contributed by atoms with van der Waals surface area (Å²) in [4.78, 5) is 18.5. The van der Waals surface area contributed by atoms with Gasteiger partial charge in [0, 0.05) is 31.0 Å². The molecule has 1 aromatic heterocycles. The third-order valence-corrected chi connectivity index (χ3v) is 3.38. The minimum atomic E-state index is -0.969. The van der Waals surface area contributed by atoms with Crippen molar-refractivity contribution in [2.75, 3.05) is 13.2 Å². The summed E-state index contributed by atoms with van der Waals surface area (Å²) in [5, 5.41) is 9.13. The number of hydrogen-bond acceptors (Lipinski definition) is 3. The third kappa shape index (κ3) is 2.34. The lowest BCUT2D eigenvalue weighted by molar-refractivity contribution is -0.142. The van der Waals surface area contributed by atoms with Crippen molar-refractivity contribution >= 4 is 5.97 Å². The van der Waals surface area contributed by atoms with Crippen molar-refractivity contribution in [2.24, 2.45) is 0 Å². The topological polar surface area (TPSA) is 75.2 Å². The number of imidazole rings is 1. The standard InChI is InChI=1S/C12H18N2O3/c1-12(2,11(15)16)10-13-7-9(14-10)8-3-5-17-6-4-8/h7-8H,3-6H2,1-2H3,(H,13,14)(H,15,16). The highest BCUT2D eigenvalue weighted by molar-refractivity contribution is 5.78. The quantitative estimate of drug-likeness (QED) is 0.839. The van der Waals surface area contributed by atoms with Gasteiger partial charge in [-0.1, -0.05) is 0 Å². The van der Waals surface area contributed by atoms with Gasteiger partial charge in [0.25, 0.3) is 0 Å². The van der Waals surface area contributed by atoms with E-state index < -0.39 is 11.4 Å². The largest absolute Gasteiger partial charge is 0.481 e. The van der Waals surface area contributed by atoms with Crippen molar-refractivity contribution in [1.82, 2.24) is 9.97 Å². The van der Waals surface area contributed by atoms with Crippen LogP contribution in [0.1, 0.15) is 44.1 Å². The molecule has 0 saturated carbocycles. The van der Waals surface area contributed by atoms with Crippen molar-refractivity contribution in [2.45, 2.75) is 38.0 Å². The van der Waals surface area contributed by atoms with E-state index in [0.717, 1.165) is 31.7 Å². The molecule has 0 spiro atoms. The van der Waals surface area contributed by atoms with E-state index in [4.69, 9.17) is 9.84 Å². The van der Waals surface area contributed by atoms with E-state index in [9.17, 15) is 4.79 Å². The number of aromatic nitrogens is 2. The first-order chi connectivity index (χ1) is 8.01. The second-order valence-corrected chi connectivity index (χ2v) is 5.00. The molecule has 1 aliphatic heterocycles. The SMILES string of the molecule is CC(C)(C(=O)O)c1ncc(C2CCOCC2)[nH]1. The van der Waals surface area contributed by atoms with Crippen molar-refractivity contribution in [1.29, 1.82) is 0 Å². The highest BCUT2D eigenvalue weighted by Gasteiger charge is 2.33. The molecule has 1 aromatic rings. The molecule has 5 nitrogen and oxygen atoms in total. The molecule has 0 bridgehead atoms. The highest BCUT2D eigenvalue weighted by Crippen LogP contribution is 2.28. The predicted octanol–water partition coefficient (Wildman–Crippen LogP) is 1.67. The Hall–Kier alpha value is -1.36. The van der Waals surface area contributed by atoms with Crippen LogP contribution < -0.4 is 0 Å². The fraction of sp³-hybridized carbons (Fsp3) is 0.667. The van der Waals surface area contributed by atoms with Gasteiger partial charge in [-0.2, -0.15) is 0 Å². The molecule has 17 heavy (non-hydrogen) atoms. The molecule has 1 saturated heterocycles. The van der Waals surface area contributed by atoms with E-state index in [1.165, 1.54) is 0 Å². The highest BCUT2D eigenvalue weighted by atomic mass is 16.5. The molecule has 0 atom stereocenters. The number of H-pyrrole nitrogens is 1. The summed E-state index contributed by atoms with van der Waals surface area (Å²) in [6, 6.07) is 0.